The van der Waals surface area contributed by atoms with Crippen molar-refractivity contribution in [2.45, 2.75) is 119 Å². The van der Waals surface area contributed by atoms with E-state index < -0.39 is 0 Å². The quantitative estimate of drug-likeness (QED) is 0.406. The van der Waals surface area contributed by atoms with Crippen LogP contribution in [0, 0.1) is 62.6 Å². The van der Waals surface area contributed by atoms with Crippen LogP contribution in [0.5, 0.6) is 0 Å². The highest BCUT2D eigenvalue weighted by Gasteiger charge is 2.71. The van der Waals surface area contributed by atoms with Crippen LogP contribution in [-0.4, -0.2) is 6.29 Å². The van der Waals surface area contributed by atoms with E-state index in [9.17, 15) is 4.79 Å². The molecule has 0 N–H and O–H groups in total. The van der Waals surface area contributed by atoms with Crippen molar-refractivity contribution in [2.24, 2.45) is 62.6 Å². The maximum Gasteiger partial charge on any atom is 0.123 e. The van der Waals surface area contributed by atoms with E-state index in [0.717, 1.165) is 36.0 Å². The summed E-state index contributed by atoms with van der Waals surface area (Å²) < 4.78 is 0. The van der Waals surface area contributed by atoms with Crippen molar-refractivity contribution in [1.82, 2.24) is 0 Å². The molecule has 5 aliphatic carbocycles. The number of carbonyl (C=O) groups excluding carboxylic acids is 1. The molecular weight excluding hydrogens is 376 g/mol. The van der Waals surface area contributed by atoms with Gasteiger partial charge in [0.25, 0.3) is 0 Å². The van der Waals surface area contributed by atoms with E-state index in [1.807, 2.05) is 0 Å². The first-order valence-electron chi connectivity index (χ1n) is 13.9. The zero-order chi connectivity index (χ0) is 22.4. The maximum absolute atomic E-state index is 12.1. The Kier molecular flexibility index (Phi) is 4.96. The Morgan fingerprint density at radius 3 is 1.87 bits per heavy atom. The summed E-state index contributed by atoms with van der Waals surface area (Å²) in [7, 11) is 0. The smallest absolute Gasteiger partial charge is 0.123 e. The minimum Gasteiger partial charge on any atom is -0.303 e. The largest absolute Gasteiger partial charge is 0.303 e. The Balaban J connectivity index is 1.53. The molecule has 0 saturated heterocycles. The van der Waals surface area contributed by atoms with E-state index in [0.29, 0.717) is 27.6 Å². The van der Waals surface area contributed by atoms with Crippen molar-refractivity contribution in [3.63, 3.8) is 0 Å². The van der Waals surface area contributed by atoms with Crippen LogP contribution in [0.3, 0.4) is 0 Å². The number of rotatable bonds is 2. The van der Waals surface area contributed by atoms with Gasteiger partial charge >= 0.3 is 0 Å². The average Bonchev–Trinajstić information content (AvgIpc) is 3.08. The number of fused-ring (bicyclic) bond motifs is 7. The molecule has 0 bridgehead atoms. The second-order valence-corrected chi connectivity index (χ2v) is 14.7. The Morgan fingerprint density at radius 2 is 1.26 bits per heavy atom. The summed E-state index contributed by atoms with van der Waals surface area (Å²) in [6.45, 7) is 18.4. The summed E-state index contributed by atoms with van der Waals surface area (Å²) in [5, 5.41) is 0. The van der Waals surface area contributed by atoms with Gasteiger partial charge in [-0.1, -0.05) is 54.9 Å². The first-order valence-corrected chi connectivity index (χ1v) is 13.9. The summed E-state index contributed by atoms with van der Waals surface area (Å²) >= 11 is 0. The van der Waals surface area contributed by atoms with Gasteiger partial charge in [-0.2, -0.15) is 0 Å². The van der Waals surface area contributed by atoms with Crippen molar-refractivity contribution >= 4 is 6.29 Å². The molecule has 5 aliphatic rings. The standard InChI is InChI=1S/C30H50O/c1-20(2)22-11-12-24-27(22,4)15-17-30(7)25-13-14-26(3)21(19-31)9-8-10-23(26)28(25,5)16-18-29(24,30)6/h19-25H,8-18H2,1-7H3/t21?,22-,23-,24-,25?,26-,27-,28+,29+,30-/m1/s1. The Hall–Kier alpha value is -0.330. The number of hydrogen-bond donors (Lipinski definition) is 0. The molecule has 2 unspecified atom stereocenters. The molecule has 0 aromatic rings. The van der Waals surface area contributed by atoms with Gasteiger partial charge < -0.3 is 4.79 Å². The lowest BCUT2D eigenvalue weighted by molar-refractivity contribution is -0.246. The van der Waals surface area contributed by atoms with Crippen LogP contribution in [-0.2, 0) is 4.79 Å². The minimum atomic E-state index is 0.259. The summed E-state index contributed by atoms with van der Waals surface area (Å²) in [5.41, 5.74) is 2.24. The van der Waals surface area contributed by atoms with E-state index in [-0.39, 0.29) is 5.41 Å². The lowest BCUT2D eigenvalue weighted by atomic mass is 9.31. The predicted molar refractivity (Wildman–Crippen MR) is 130 cm³/mol. The van der Waals surface area contributed by atoms with Gasteiger partial charge in [0.1, 0.15) is 6.29 Å². The molecule has 31 heavy (non-hydrogen) atoms. The highest BCUT2D eigenvalue weighted by molar-refractivity contribution is 5.55. The molecule has 1 heteroatoms. The molecular formula is C30H50O. The third-order valence-corrected chi connectivity index (χ3v) is 13.8. The Morgan fingerprint density at radius 1 is 0.645 bits per heavy atom. The second-order valence-electron chi connectivity index (χ2n) is 14.7. The lowest BCUT2D eigenvalue weighted by Crippen LogP contribution is -2.66. The van der Waals surface area contributed by atoms with Gasteiger partial charge in [0.05, 0.1) is 0 Å². The molecule has 5 saturated carbocycles. The van der Waals surface area contributed by atoms with Gasteiger partial charge in [-0.15, -0.1) is 0 Å². The fraction of sp³-hybridized carbons (Fsp3) is 0.967. The molecule has 1 nitrogen and oxygen atoms in total. The van der Waals surface area contributed by atoms with Crippen molar-refractivity contribution in [2.75, 3.05) is 0 Å². The van der Waals surface area contributed by atoms with E-state index in [1.54, 1.807) is 0 Å². The van der Waals surface area contributed by atoms with Crippen LogP contribution in [0.2, 0.25) is 0 Å². The molecule has 0 aromatic heterocycles. The topological polar surface area (TPSA) is 17.1 Å². The number of carbonyl (C=O) groups is 1. The summed E-state index contributed by atoms with van der Waals surface area (Å²) in [4.78, 5) is 12.1. The zero-order valence-electron chi connectivity index (χ0n) is 21.7. The Labute approximate surface area is 192 Å². The first kappa shape index (κ1) is 22.5. The van der Waals surface area contributed by atoms with Crippen LogP contribution >= 0.6 is 0 Å². The van der Waals surface area contributed by atoms with Gasteiger partial charge in [-0.3, -0.25) is 0 Å². The zero-order valence-corrected chi connectivity index (χ0v) is 21.7. The predicted octanol–water partition coefficient (Wildman–Crippen LogP) is 8.31. The first-order chi connectivity index (χ1) is 14.5. The van der Waals surface area contributed by atoms with Gasteiger partial charge in [-0.25, -0.2) is 0 Å². The fourth-order valence-electron chi connectivity index (χ4n) is 12.1. The average molecular weight is 427 g/mol. The number of aldehydes is 1. The molecule has 176 valence electrons. The van der Waals surface area contributed by atoms with Gasteiger partial charge in [0.15, 0.2) is 0 Å². The molecule has 0 amide bonds. The molecule has 0 radical (unpaired) electrons. The summed E-state index contributed by atoms with van der Waals surface area (Å²) in [6, 6.07) is 0. The highest BCUT2D eigenvalue weighted by atomic mass is 16.1. The molecule has 0 aliphatic heterocycles. The molecule has 5 rings (SSSR count). The molecule has 0 spiro atoms. The van der Waals surface area contributed by atoms with E-state index in [2.05, 4.69) is 48.5 Å². The van der Waals surface area contributed by atoms with Crippen molar-refractivity contribution in [1.29, 1.82) is 0 Å². The van der Waals surface area contributed by atoms with E-state index in [1.165, 1.54) is 70.5 Å². The van der Waals surface area contributed by atoms with Gasteiger partial charge in [0, 0.05) is 5.92 Å². The molecule has 0 aromatic carbocycles. The van der Waals surface area contributed by atoms with Crippen LogP contribution in [0.15, 0.2) is 0 Å². The lowest BCUT2D eigenvalue weighted by Gasteiger charge is -2.73. The monoisotopic (exact) mass is 426 g/mol. The van der Waals surface area contributed by atoms with Gasteiger partial charge in [0.2, 0.25) is 0 Å². The third-order valence-electron chi connectivity index (χ3n) is 13.8. The number of hydrogen-bond acceptors (Lipinski definition) is 1. The minimum absolute atomic E-state index is 0.259. The Bertz CT molecular complexity index is 741. The fourth-order valence-corrected chi connectivity index (χ4v) is 12.1. The van der Waals surface area contributed by atoms with Crippen LogP contribution in [0.1, 0.15) is 119 Å². The van der Waals surface area contributed by atoms with Crippen molar-refractivity contribution in [3.05, 3.63) is 0 Å². The van der Waals surface area contributed by atoms with Gasteiger partial charge in [-0.05, 0) is 121 Å². The van der Waals surface area contributed by atoms with E-state index in [4.69, 9.17) is 0 Å². The SMILES string of the molecule is CC(C)[C@H]1CC[C@@H]2[C@]1(C)CC[C@]1(C)C3CC[C@]4(C)C(C=O)CCC[C@H]4[C@]3(C)CC[C@@]21C. The van der Waals surface area contributed by atoms with E-state index >= 15 is 0 Å². The molecule has 0 heterocycles. The van der Waals surface area contributed by atoms with Crippen LogP contribution < -0.4 is 0 Å². The van der Waals surface area contributed by atoms with Crippen LogP contribution in [0.25, 0.3) is 0 Å². The normalized spacial score (nSPS) is 58.8. The van der Waals surface area contributed by atoms with Crippen molar-refractivity contribution < 1.29 is 4.79 Å². The van der Waals surface area contributed by atoms with Crippen LogP contribution in [0.4, 0.5) is 0 Å². The van der Waals surface area contributed by atoms with Crippen molar-refractivity contribution in [3.8, 4) is 0 Å². The molecule has 5 fully saturated rings. The molecule has 10 atom stereocenters. The highest BCUT2D eigenvalue weighted by Crippen LogP contribution is 2.79. The third kappa shape index (κ3) is 2.59. The maximum atomic E-state index is 12.1. The summed E-state index contributed by atoms with van der Waals surface area (Å²) in [5.74, 6) is 4.58. The summed E-state index contributed by atoms with van der Waals surface area (Å²) in [6.07, 6.45) is 16.5. The second kappa shape index (κ2) is 6.85.